The van der Waals surface area contributed by atoms with Crippen LogP contribution in [0, 0.1) is 0 Å². The van der Waals surface area contributed by atoms with Crippen molar-refractivity contribution in [3.8, 4) is 0 Å². The number of benzene rings is 1. The zero-order valence-corrected chi connectivity index (χ0v) is 13.4. The summed E-state index contributed by atoms with van der Waals surface area (Å²) in [7, 11) is 1.79. The Bertz CT molecular complexity index is 363. The molecule has 1 N–H and O–H groups in total. The Labute approximate surface area is 129 Å². The Balaban J connectivity index is 1.65. The van der Waals surface area contributed by atoms with Crippen LogP contribution in [-0.2, 0) is 11.2 Å². The first-order chi connectivity index (χ1) is 10.4. The smallest absolute Gasteiger partial charge is 0.0589 e. The molecule has 1 aromatic rings. The van der Waals surface area contributed by atoms with Crippen molar-refractivity contribution >= 4 is 0 Å². The fraction of sp³-hybridized carbons (Fsp3) is 0.667. The van der Waals surface area contributed by atoms with Crippen molar-refractivity contribution in [1.29, 1.82) is 0 Å². The van der Waals surface area contributed by atoms with Crippen LogP contribution in [0.5, 0.6) is 0 Å². The highest BCUT2D eigenvalue weighted by Gasteiger charge is 2.17. The fourth-order valence-corrected chi connectivity index (χ4v) is 3.05. The summed E-state index contributed by atoms with van der Waals surface area (Å²) in [6.07, 6.45) is 6.39. The van der Waals surface area contributed by atoms with Gasteiger partial charge in [0.15, 0.2) is 0 Å². The Morgan fingerprint density at radius 1 is 1.19 bits per heavy atom. The van der Waals surface area contributed by atoms with Gasteiger partial charge in [-0.25, -0.2) is 0 Å². The maximum atomic E-state index is 5.25. The number of methoxy groups -OCH3 is 1. The van der Waals surface area contributed by atoms with Crippen LogP contribution in [0.3, 0.4) is 0 Å². The minimum atomic E-state index is 0.691. The topological polar surface area (TPSA) is 24.5 Å². The van der Waals surface area contributed by atoms with Crippen LogP contribution in [0.25, 0.3) is 0 Å². The number of hydrogen-bond acceptors (Lipinski definition) is 3. The molecule has 0 aromatic heterocycles. The number of unbranched alkanes of at least 4 members (excludes halogenated alkanes) is 1. The van der Waals surface area contributed by atoms with E-state index >= 15 is 0 Å². The van der Waals surface area contributed by atoms with Crippen molar-refractivity contribution < 1.29 is 4.74 Å². The highest BCUT2D eigenvalue weighted by Crippen LogP contribution is 2.09. The van der Waals surface area contributed by atoms with Crippen LogP contribution in [0.2, 0.25) is 0 Å². The zero-order valence-electron chi connectivity index (χ0n) is 13.4. The highest BCUT2D eigenvalue weighted by atomic mass is 16.5. The third-order valence-electron chi connectivity index (χ3n) is 4.29. The number of hydrogen-bond donors (Lipinski definition) is 1. The minimum absolute atomic E-state index is 0.691. The molecule has 0 amide bonds. The van der Waals surface area contributed by atoms with Crippen molar-refractivity contribution in [2.45, 2.75) is 38.1 Å². The van der Waals surface area contributed by atoms with Crippen molar-refractivity contribution in [2.75, 3.05) is 39.9 Å². The van der Waals surface area contributed by atoms with E-state index in [9.17, 15) is 0 Å². The molecule has 118 valence electrons. The summed E-state index contributed by atoms with van der Waals surface area (Å²) in [6.45, 7) is 5.45. The number of rotatable bonds is 10. The first kappa shape index (κ1) is 16.5. The lowest BCUT2D eigenvalue weighted by atomic mass is 10.1. The first-order valence-electron chi connectivity index (χ1n) is 8.37. The third kappa shape index (κ3) is 6.60. The normalized spacial score (nSPS) is 18.5. The van der Waals surface area contributed by atoms with Gasteiger partial charge in [0.2, 0.25) is 0 Å². The van der Waals surface area contributed by atoms with Gasteiger partial charge in [-0.1, -0.05) is 30.3 Å². The molecule has 3 nitrogen and oxygen atoms in total. The van der Waals surface area contributed by atoms with Crippen LogP contribution in [-0.4, -0.2) is 50.8 Å². The number of nitrogens with one attached hydrogen (secondary N) is 1. The maximum Gasteiger partial charge on any atom is 0.0589 e. The molecule has 1 aliphatic rings. The summed E-state index contributed by atoms with van der Waals surface area (Å²) < 4.78 is 5.25. The Kier molecular flexibility index (Phi) is 7.79. The predicted octanol–water partition coefficient (Wildman–Crippen LogP) is 2.71. The van der Waals surface area contributed by atoms with Gasteiger partial charge in [0.25, 0.3) is 0 Å². The van der Waals surface area contributed by atoms with Gasteiger partial charge >= 0.3 is 0 Å². The molecule has 1 saturated heterocycles. The molecule has 0 spiro atoms. The van der Waals surface area contributed by atoms with Crippen LogP contribution in [0.4, 0.5) is 0 Å². The summed E-state index contributed by atoms with van der Waals surface area (Å²) in [5, 5.41) is 3.60. The second-order valence-electron chi connectivity index (χ2n) is 6.03. The van der Waals surface area contributed by atoms with Gasteiger partial charge in [-0.2, -0.15) is 0 Å². The third-order valence-corrected chi connectivity index (χ3v) is 4.29. The Morgan fingerprint density at radius 2 is 2.05 bits per heavy atom. The van der Waals surface area contributed by atoms with Crippen LogP contribution < -0.4 is 5.32 Å². The molecule has 21 heavy (non-hydrogen) atoms. The van der Waals surface area contributed by atoms with Gasteiger partial charge in [-0.3, -0.25) is 4.90 Å². The van der Waals surface area contributed by atoms with Crippen molar-refractivity contribution in [3.63, 3.8) is 0 Å². The molecule has 0 bridgehead atoms. The van der Waals surface area contributed by atoms with Gasteiger partial charge in [0.05, 0.1) is 6.61 Å². The van der Waals surface area contributed by atoms with E-state index in [0.29, 0.717) is 6.04 Å². The molecule has 2 rings (SSSR count). The molecule has 1 aliphatic heterocycles. The number of nitrogens with zero attached hydrogens (tertiary/aromatic N) is 1. The van der Waals surface area contributed by atoms with Gasteiger partial charge in [0.1, 0.15) is 0 Å². The van der Waals surface area contributed by atoms with Gasteiger partial charge in [-0.15, -0.1) is 0 Å². The van der Waals surface area contributed by atoms with E-state index in [1.54, 1.807) is 7.11 Å². The second kappa shape index (κ2) is 9.93. The zero-order chi connectivity index (χ0) is 14.8. The van der Waals surface area contributed by atoms with E-state index in [1.165, 1.54) is 57.3 Å². The average Bonchev–Trinajstić information content (AvgIpc) is 3.03. The first-order valence-corrected chi connectivity index (χ1v) is 8.37. The van der Waals surface area contributed by atoms with Gasteiger partial charge in [-0.05, 0) is 50.8 Å². The average molecular weight is 290 g/mol. The predicted molar refractivity (Wildman–Crippen MR) is 88.7 cm³/mol. The second-order valence-corrected chi connectivity index (χ2v) is 6.03. The number of aryl methyl sites for hydroxylation is 1. The molecule has 1 atom stereocenters. The largest absolute Gasteiger partial charge is 0.383 e. The molecule has 1 fully saturated rings. The summed E-state index contributed by atoms with van der Waals surface area (Å²) in [6, 6.07) is 11.5. The molecule has 1 heterocycles. The molecule has 1 unspecified atom stereocenters. The lowest BCUT2D eigenvalue weighted by Gasteiger charge is -2.25. The van der Waals surface area contributed by atoms with E-state index in [-0.39, 0.29) is 0 Å². The van der Waals surface area contributed by atoms with Crippen molar-refractivity contribution in [3.05, 3.63) is 35.9 Å². The molecule has 0 aliphatic carbocycles. The molecular formula is C18H30N2O. The lowest BCUT2D eigenvalue weighted by molar-refractivity contribution is 0.141. The quantitative estimate of drug-likeness (QED) is 0.671. The number of ether oxygens (including phenoxy) is 1. The van der Waals surface area contributed by atoms with Crippen molar-refractivity contribution in [2.24, 2.45) is 0 Å². The lowest BCUT2D eigenvalue weighted by Crippen LogP contribution is -2.39. The van der Waals surface area contributed by atoms with Gasteiger partial charge < -0.3 is 10.1 Å². The molecule has 3 heteroatoms. The molecule has 0 radical (unpaired) electrons. The maximum absolute atomic E-state index is 5.25. The molecule has 1 aromatic carbocycles. The van der Waals surface area contributed by atoms with Gasteiger partial charge in [0, 0.05) is 26.2 Å². The van der Waals surface area contributed by atoms with Crippen LogP contribution in [0.1, 0.15) is 31.2 Å². The van der Waals surface area contributed by atoms with E-state index < -0.39 is 0 Å². The summed E-state index contributed by atoms with van der Waals surface area (Å²) in [5.74, 6) is 0. The van der Waals surface area contributed by atoms with Crippen LogP contribution >= 0.6 is 0 Å². The van der Waals surface area contributed by atoms with E-state index in [4.69, 9.17) is 4.74 Å². The SMILES string of the molecule is COCCN(CCCCc1ccccc1)CC1CCCN1. The highest BCUT2D eigenvalue weighted by molar-refractivity contribution is 5.14. The molecular weight excluding hydrogens is 260 g/mol. The van der Waals surface area contributed by atoms with E-state index in [0.717, 1.165) is 13.2 Å². The summed E-state index contributed by atoms with van der Waals surface area (Å²) in [5.41, 5.74) is 1.46. The van der Waals surface area contributed by atoms with E-state index in [2.05, 4.69) is 40.5 Å². The Morgan fingerprint density at radius 3 is 2.76 bits per heavy atom. The summed E-state index contributed by atoms with van der Waals surface area (Å²) in [4.78, 5) is 2.57. The van der Waals surface area contributed by atoms with Crippen molar-refractivity contribution in [1.82, 2.24) is 10.2 Å². The van der Waals surface area contributed by atoms with E-state index in [1.807, 2.05) is 0 Å². The standard InChI is InChI=1S/C18H30N2O/c1-21-15-14-20(16-18-11-7-12-19-18)13-6-5-10-17-8-3-2-4-9-17/h2-4,8-9,18-19H,5-7,10-16H2,1H3. The minimum Gasteiger partial charge on any atom is -0.383 e. The fourth-order valence-electron chi connectivity index (χ4n) is 3.05. The summed E-state index contributed by atoms with van der Waals surface area (Å²) >= 11 is 0. The molecule has 0 saturated carbocycles. The van der Waals surface area contributed by atoms with Crippen LogP contribution in [0.15, 0.2) is 30.3 Å². The monoisotopic (exact) mass is 290 g/mol. The Hall–Kier alpha value is -0.900.